The van der Waals surface area contributed by atoms with Crippen molar-refractivity contribution < 1.29 is 22.5 Å². The highest BCUT2D eigenvalue weighted by Crippen LogP contribution is 2.34. The van der Waals surface area contributed by atoms with Gasteiger partial charge in [0.25, 0.3) is 0 Å². The number of aryl methyl sites for hydroxylation is 1. The average molecular weight is 337 g/mol. The van der Waals surface area contributed by atoms with E-state index in [1.165, 1.54) is 13.0 Å². The van der Waals surface area contributed by atoms with Crippen molar-refractivity contribution >= 4 is 11.2 Å². The maximum atomic E-state index is 12.8. The SMILES string of the molecule is Cc1ccc(C(F)(F)F)cc1C(C)(O)CO[S+](C)C(C)(C)C. The fraction of sp³-hybridized carbons (Fsp3) is 0.625. The van der Waals surface area contributed by atoms with E-state index in [0.29, 0.717) is 5.56 Å². The summed E-state index contributed by atoms with van der Waals surface area (Å²) in [5.74, 6) is 0. The number of hydrogen-bond donors (Lipinski definition) is 1. The molecule has 0 fully saturated rings. The van der Waals surface area contributed by atoms with E-state index in [4.69, 9.17) is 4.18 Å². The van der Waals surface area contributed by atoms with Crippen molar-refractivity contribution in [3.8, 4) is 0 Å². The Kier molecular flexibility index (Phi) is 5.64. The van der Waals surface area contributed by atoms with Gasteiger partial charge in [0, 0.05) is 0 Å². The first kappa shape index (κ1) is 19.3. The molecule has 2 atom stereocenters. The molecule has 126 valence electrons. The molecule has 0 aliphatic rings. The van der Waals surface area contributed by atoms with E-state index in [9.17, 15) is 18.3 Å². The van der Waals surface area contributed by atoms with Crippen LogP contribution in [0.15, 0.2) is 18.2 Å². The molecule has 0 radical (unpaired) electrons. The van der Waals surface area contributed by atoms with E-state index < -0.39 is 28.5 Å². The molecule has 0 aliphatic carbocycles. The molecule has 0 amide bonds. The number of aliphatic hydroxyl groups is 1. The third-order valence-corrected chi connectivity index (χ3v) is 5.72. The van der Waals surface area contributed by atoms with Crippen LogP contribution in [0.4, 0.5) is 13.2 Å². The Morgan fingerprint density at radius 1 is 1.14 bits per heavy atom. The van der Waals surface area contributed by atoms with Crippen LogP contribution in [-0.2, 0) is 27.1 Å². The molecule has 0 bridgehead atoms. The molecule has 22 heavy (non-hydrogen) atoms. The highest BCUT2D eigenvalue weighted by atomic mass is 32.2. The van der Waals surface area contributed by atoms with Crippen LogP contribution in [0.5, 0.6) is 0 Å². The van der Waals surface area contributed by atoms with Crippen molar-refractivity contribution in [1.29, 1.82) is 0 Å². The zero-order valence-corrected chi connectivity index (χ0v) is 14.7. The van der Waals surface area contributed by atoms with Gasteiger partial charge in [0.05, 0.1) is 5.56 Å². The Balaban J connectivity index is 3.02. The lowest BCUT2D eigenvalue weighted by molar-refractivity contribution is -0.137. The van der Waals surface area contributed by atoms with Crippen LogP contribution in [0, 0.1) is 6.92 Å². The van der Waals surface area contributed by atoms with Gasteiger partial charge in [-0.3, -0.25) is 0 Å². The second-order valence-electron chi connectivity index (χ2n) is 6.63. The van der Waals surface area contributed by atoms with E-state index in [-0.39, 0.29) is 16.9 Å². The Labute approximate surface area is 133 Å². The molecule has 0 saturated heterocycles. The predicted octanol–water partition coefficient (Wildman–Crippen LogP) is 4.20. The van der Waals surface area contributed by atoms with Crippen molar-refractivity contribution in [2.45, 2.75) is 51.1 Å². The molecule has 2 unspecified atom stereocenters. The zero-order valence-electron chi connectivity index (χ0n) is 13.8. The molecule has 0 spiro atoms. The Bertz CT molecular complexity index is 519. The van der Waals surface area contributed by atoms with Crippen molar-refractivity contribution in [3.63, 3.8) is 0 Å². The second kappa shape index (κ2) is 6.42. The molecule has 0 aromatic heterocycles. The topological polar surface area (TPSA) is 29.5 Å². The summed E-state index contributed by atoms with van der Waals surface area (Å²) >= 11 is -0.419. The lowest BCUT2D eigenvalue weighted by Gasteiger charge is -2.26. The molecular formula is C16H24F3O2S+. The summed E-state index contributed by atoms with van der Waals surface area (Å²) in [6.45, 7) is 9.15. The van der Waals surface area contributed by atoms with E-state index in [0.717, 1.165) is 12.1 Å². The monoisotopic (exact) mass is 337 g/mol. The fourth-order valence-electron chi connectivity index (χ4n) is 1.84. The minimum Gasteiger partial charge on any atom is -0.383 e. The summed E-state index contributed by atoms with van der Waals surface area (Å²) in [4.78, 5) is 0. The summed E-state index contributed by atoms with van der Waals surface area (Å²) in [5, 5.41) is 10.6. The first-order valence-corrected chi connectivity index (χ1v) is 8.51. The van der Waals surface area contributed by atoms with Crippen molar-refractivity contribution in [3.05, 3.63) is 34.9 Å². The van der Waals surface area contributed by atoms with Crippen LogP contribution in [0.1, 0.15) is 44.4 Å². The molecule has 1 aromatic carbocycles. The third kappa shape index (κ3) is 4.89. The normalized spacial score (nSPS) is 17.2. The number of rotatable bonds is 4. The molecule has 1 rings (SSSR count). The van der Waals surface area contributed by atoms with Crippen molar-refractivity contribution in [2.24, 2.45) is 0 Å². The van der Waals surface area contributed by atoms with Crippen LogP contribution in [-0.4, -0.2) is 22.7 Å². The van der Waals surface area contributed by atoms with Gasteiger partial charge in [0.15, 0.2) is 4.75 Å². The lowest BCUT2D eigenvalue weighted by Crippen LogP contribution is -2.35. The Hall–Kier alpha value is -0.720. The molecular weight excluding hydrogens is 313 g/mol. The number of alkyl halides is 3. The molecule has 1 N–H and O–H groups in total. The summed E-state index contributed by atoms with van der Waals surface area (Å²) in [7, 11) is 0. The molecule has 0 heterocycles. The van der Waals surface area contributed by atoms with Crippen LogP contribution in [0.2, 0.25) is 0 Å². The maximum absolute atomic E-state index is 12.8. The number of hydrogen-bond acceptors (Lipinski definition) is 2. The molecule has 2 nitrogen and oxygen atoms in total. The lowest BCUT2D eigenvalue weighted by atomic mass is 9.91. The first-order chi connectivity index (χ1) is 9.75. The largest absolute Gasteiger partial charge is 0.416 e. The van der Waals surface area contributed by atoms with Crippen LogP contribution >= 0.6 is 0 Å². The van der Waals surface area contributed by atoms with Gasteiger partial charge in [-0.05, 0) is 57.9 Å². The standard InChI is InChI=1S/C16H24F3O2S/c1-11-7-8-12(16(17,18)19)9-13(11)15(5,20)10-21-22(6)14(2,3)4/h7-9,20H,10H2,1-6H3/q+1. The van der Waals surface area contributed by atoms with Crippen LogP contribution in [0.3, 0.4) is 0 Å². The van der Waals surface area contributed by atoms with Gasteiger partial charge in [0.2, 0.25) is 0 Å². The predicted molar refractivity (Wildman–Crippen MR) is 84.7 cm³/mol. The van der Waals surface area contributed by atoms with Crippen molar-refractivity contribution in [2.75, 3.05) is 12.9 Å². The van der Waals surface area contributed by atoms with E-state index in [1.807, 2.05) is 27.0 Å². The van der Waals surface area contributed by atoms with Crippen LogP contribution in [0.25, 0.3) is 0 Å². The van der Waals surface area contributed by atoms with Gasteiger partial charge in [-0.2, -0.15) is 17.4 Å². The van der Waals surface area contributed by atoms with E-state index in [1.54, 1.807) is 6.92 Å². The first-order valence-electron chi connectivity index (χ1n) is 6.95. The van der Waals surface area contributed by atoms with Gasteiger partial charge in [-0.15, -0.1) is 0 Å². The summed E-state index contributed by atoms with van der Waals surface area (Å²) in [5.41, 5.74) is -1.39. The summed E-state index contributed by atoms with van der Waals surface area (Å²) in [6.07, 6.45) is -2.52. The molecule has 0 aliphatic heterocycles. The smallest absolute Gasteiger partial charge is 0.383 e. The Morgan fingerprint density at radius 3 is 2.14 bits per heavy atom. The fourth-order valence-corrected chi connectivity index (χ4v) is 2.60. The molecule has 1 aromatic rings. The third-order valence-electron chi connectivity index (χ3n) is 3.52. The quantitative estimate of drug-likeness (QED) is 0.835. The van der Waals surface area contributed by atoms with E-state index in [2.05, 4.69) is 0 Å². The molecule has 6 heteroatoms. The van der Waals surface area contributed by atoms with Crippen LogP contribution < -0.4 is 0 Å². The van der Waals surface area contributed by atoms with Gasteiger partial charge < -0.3 is 5.11 Å². The second-order valence-corrected chi connectivity index (χ2v) is 9.00. The van der Waals surface area contributed by atoms with E-state index >= 15 is 0 Å². The van der Waals surface area contributed by atoms with Gasteiger partial charge in [-0.1, -0.05) is 6.07 Å². The highest BCUT2D eigenvalue weighted by Gasteiger charge is 2.38. The van der Waals surface area contributed by atoms with Gasteiger partial charge >= 0.3 is 6.18 Å². The number of halogens is 3. The average Bonchev–Trinajstić information content (AvgIpc) is 2.33. The molecule has 0 saturated carbocycles. The number of benzene rings is 1. The summed E-state index contributed by atoms with van der Waals surface area (Å²) in [6, 6.07) is 3.40. The van der Waals surface area contributed by atoms with Gasteiger partial charge in [-0.25, -0.2) is 0 Å². The summed E-state index contributed by atoms with van der Waals surface area (Å²) < 4.78 is 44.2. The maximum Gasteiger partial charge on any atom is 0.416 e. The Morgan fingerprint density at radius 2 is 1.68 bits per heavy atom. The highest BCUT2D eigenvalue weighted by molar-refractivity contribution is 7.93. The minimum atomic E-state index is -4.43. The van der Waals surface area contributed by atoms with Crippen molar-refractivity contribution in [1.82, 2.24) is 0 Å². The van der Waals surface area contributed by atoms with Gasteiger partial charge in [0.1, 0.15) is 29.6 Å². The minimum absolute atomic E-state index is 0.0496. The zero-order chi connectivity index (χ0) is 17.3.